The highest BCUT2D eigenvalue weighted by molar-refractivity contribution is 9.11. The fourth-order valence-electron chi connectivity index (χ4n) is 2.31. The van der Waals surface area contributed by atoms with Crippen LogP contribution in [0.5, 0.6) is 0 Å². The van der Waals surface area contributed by atoms with Crippen LogP contribution < -0.4 is 4.90 Å². The van der Waals surface area contributed by atoms with Gasteiger partial charge < -0.3 is 9.88 Å². The summed E-state index contributed by atoms with van der Waals surface area (Å²) >= 11 is 7.31. The third-order valence-electron chi connectivity index (χ3n) is 3.12. The van der Waals surface area contributed by atoms with Crippen LogP contribution in [0.2, 0.25) is 0 Å². The minimum absolute atomic E-state index is 1.14. The topological polar surface area (TPSA) is 19.0 Å². The Morgan fingerprint density at radius 2 is 1.88 bits per heavy atom. The molecule has 3 rings (SSSR count). The number of rotatable bonds is 1. The molecule has 16 heavy (non-hydrogen) atoms. The quantitative estimate of drug-likeness (QED) is 0.818. The molecular formula is C12H12Br2N2. The summed E-state index contributed by atoms with van der Waals surface area (Å²) in [7, 11) is 0. The Morgan fingerprint density at radius 3 is 2.56 bits per heavy atom. The van der Waals surface area contributed by atoms with Gasteiger partial charge in [0, 0.05) is 28.5 Å². The van der Waals surface area contributed by atoms with Gasteiger partial charge in [0.05, 0.1) is 4.47 Å². The lowest BCUT2D eigenvalue weighted by molar-refractivity contribution is 0.946. The molecule has 0 atom stereocenters. The molecule has 1 aliphatic heterocycles. The zero-order chi connectivity index (χ0) is 11.1. The second-order valence-electron chi connectivity index (χ2n) is 4.14. The Hall–Kier alpha value is -0.480. The van der Waals surface area contributed by atoms with Crippen LogP contribution in [0.1, 0.15) is 12.8 Å². The van der Waals surface area contributed by atoms with E-state index in [0.29, 0.717) is 0 Å². The molecule has 2 heterocycles. The van der Waals surface area contributed by atoms with Crippen molar-refractivity contribution in [1.29, 1.82) is 0 Å². The van der Waals surface area contributed by atoms with E-state index in [-0.39, 0.29) is 0 Å². The Balaban J connectivity index is 2.19. The first-order chi connectivity index (χ1) is 7.77. The maximum Gasteiger partial charge on any atom is 0.121 e. The largest absolute Gasteiger partial charge is 0.357 e. The minimum Gasteiger partial charge on any atom is -0.357 e. The van der Waals surface area contributed by atoms with Gasteiger partial charge in [-0.05, 0) is 40.9 Å². The SMILES string of the molecule is Brc1cccc2[nH]c(N3CCCC3)c(Br)c12. The number of nitrogens with zero attached hydrogens (tertiary/aromatic N) is 1. The first kappa shape index (κ1) is 10.7. The van der Waals surface area contributed by atoms with E-state index in [2.05, 4.69) is 59.9 Å². The number of benzene rings is 1. The van der Waals surface area contributed by atoms with E-state index >= 15 is 0 Å². The Bertz CT molecular complexity index is 527. The van der Waals surface area contributed by atoms with E-state index in [1.165, 1.54) is 34.0 Å². The Labute approximate surface area is 111 Å². The summed E-state index contributed by atoms with van der Waals surface area (Å²) in [6, 6.07) is 6.25. The number of H-pyrrole nitrogens is 1. The van der Waals surface area contributed by atoms with Crippen LogP contribution in [0, 0.1) is 0 Å². The second kappa shape index (κ2) is 4.08. The van der Waals surface area contributed by atoms with Crippen LogP contribution in [0.4, 0.5) is 5.82 Å². The zero-order valence-electron chi connectivity index (χ0n) is 8.76. The molecule has 1 N–H and O–H groups in total. The molecule has 0 amide bonds. The van der Waals surface area contributed by atoms with Crippen molar-refractivity contribution in [3.05, 3.63) is 27.1 Å². The Morgan fingerprint density at radius 1 is 1.12 bits per heavy atom. The van der Waals surface area contributed by atoms with Crippen LogP contribution in [0.3, 0.4) is 0 Å². The molecule has 1 aromatic carbocycles. The van der Waals surface area contributed by atoms with Crippen LogP contribution >= 0.6 is 31.9 Å². The smallest absolute Gasteiger partial charge is 0.121 e. The van der Waals surface area contributed by atoms with Crippen LogP contribution in [-0.4, -0.2) is 18.1 Å². The van der Waals surface area contributed by atoms with Gasteiger partial charge in [-0.1, -0.05) is 22.0 Å². The molecule has 0 bridgehead atoms. The zero-order valence-corrected chi connectivity index (χ0v) is 11.9. The molecule has 2 aromatic rings. The fourth-order valence-corrected chi connectivity index (χ4v) is 3.92. The van der Waals surface area contributed by atoms with Gasteiger partial charge in [0.15, 0.2) is 0 Å². The number of anilines is 1. The number of aromatic nitrogens is 1. The molecule has 1 fully saturated rings. The average Bonchev–Trinajstić information content (AvgIpc) is 2.86. The van der Waals surface area contributed by atoms with Crippen molar-refractivity contribution in [3.63, 3.8) is 0 Å². The third-order valence-corrected chi connectivity index (χ3v) is 4.55. The number of nitrogens with one attached hydrogen (secondary N) is 1. The lowest BCUT2D eigenvalue weighted by atomic mass is 10.2. The average molecular weight is 344 g/mol. The summed E-state index contributed by atoms with van der Waals surface area (Å²) < 4.78 is 2.32. The van der Waals surface area contributed by atoms with E-state index < -0.39 is 0 Å². The summed E-state index contributed by atoms with van der Waals surface area (Å²) in [6.45, 7) is 2.31. The molecule has 0 saturated carbocycles. The number of hydrogen-bond acceptors (Lipinski definition) is 1. The second-order valence-corrected chi connectivity index (χ2v) is 5.79. The maximum atomic E-state index is 3.71. The summed E-state index contributed by atoms with van der Waals surface area (Å²) in [5.74, 6) is 1.22. The van der Waals surface area contributed by atoms with E-state index in [9.17, 15) is 0 Å². The van der Waals surface area contributed by atoms with Crippen LogP contribution in [-0.2, 0) is 0 Å². The predicted molar refractivity (Wildman–Crippen MR) is 75.1 cm³/mol. The molecule has 1 aliphatic rings. The van der Waals surface area contributed by atoms with Gasteiger partial charge in [0.2, 0.25) is 0 Å². The monoisotopic (exact) mass is 342 g/mol. The molecule has 2 nitrogen and oxygen atoms in total. The number of aromatic amines is 1. The molecule has 4 heteroatoms. The number of hydrogen-bond donors (Lipinski definition) is 1. The van der Waals surface area contributed by atoms with Crippen molar-refractivity contribution in [3.8, 4) is 0 Å². The molecule has 0 radical (unpaired) electrons. The number of fused-ring (bicyclic) bond motifs is 1. The van der Waals surface area contributed by atoms with Gasteiger partial charge in [0.1, 0.15) is 5.82 Å². The van der Waals surface area contributed by atoms with E-state index in [4.69, 9.17) is 0 Å². The molecule has 84 valence electrons. The highest BCUT2D eigenvalue weighted by Crippen LogP contribution is 2.38. The van der Waals surface area contributed by atoms with E-state index in [0.717, 1.165) is 17.6 Å². The van der Waals surface area contributed by atoms with Crippen molar-refractivity contribution in [1.82, 2.24) is 4.98 Å². The maximum absolute atomic E-state index is 3.71. The van der Waals surface area contributed by atoms with E-state index in [1.807, 2.05) is 0 Å². The van der Waals surface area contributed by atoms with Gasteiger partial charge in [-0.3, -0.25) is 0 Å². The standard InChI is InChI=1S/C12H12Br2N2/c13-8-4-3-5-9-10(8)11(14)12(15-9)16-6-1-2-7-16/h3-5,15H,1-2,6-7H2. The van der Waals surface area contributed by atoms with Crippen molar-refractivity contribution in [2.45, 2.75) is 12.8 Å². The Kier molecular flexibility index (Phi) is 2.72. The summed E-state index contributed by atoms with van der Waals surface area (Å²) in [5.41, 5.74) is 1.18. The molecule has 1 aromatic heterocycles. The molecule has 1 saturated heterocycles. The van der Waals surface area contributed by atoms with Crippen molar-refractivity contribution < 1.29 is 0 Å². The third kappa shape index (κ3) is 1.59. The lowest BCUT2D eigenvalue weighted by Crippen LogP contribution is -2.18. The van der Waals surface area contributed by atoms with E-state index in [1.54, 1.807) is 0 Å². The summed E-state index contributed by atoms with van der Waals surface area (Å²) in [6.07, 6.45) is 2.59. The lowest BCUT2D eigenvalue weighted by Gasteiger charge is -2.15. The molecular weight excluding hydrogens is 332 g/mol. The molecule has 0 aliphatic carbocycles. The van der Waals surface area contributed by atoms with Gasteiger partial charge >= 0.3 is 0 Å². The first-order valence-corrected chi connectivity index (χ1v) is 7.06. The van der Waals surface area contributed by atoms with Crippen LogP contribution in [0.25, 0.3) is 10.9 Å². The highest BCUT2D eigenvalue weighted by atomic mass is 79.9. The van der Waals surface area contributed by atoms with Gasteiger partial charge in [0.25, 0.3) is 0 Å². The van der Waals surface area contributed by atoms with Crippen LogP contribution in [0.15, 0.2) is 27.1 Å². The summed E-state index contributed by atoms with van der Waals surface area (Å²) in [5, 5.41) is 1.24. The van der Waals surface area contributed by atoms with Gasteiger partial charge in [-0.2, -0.15) is 0 Å². The number of halogens is 2. The van der Waals surface area contributed by atoms with Crippen molar-refractivity contribution >= 4 is 48.6 Å². The normalized spacial score (nSPS) is 16.2. The van der Waals surface area contributed by atoms with Crippen molar-refractivity contribution in [2.24, 2.45) is 0 Å². The van der Waals surface area contributed by atoms with Gasteiger partial charge in [-0.15, -0.1) is 0 Å². The van der Waals surface area contributed by atoms with Crippen molar-refractivity contribution in [2.75, 3.05) is 18.0 Å². The summed E-state index contributed by atoms with van der Waals surface area (Å²) in [4.78, 5) is 5.91. The first-order valence-electron chi connectivity index (χ1n) is 5.48. The molecule has 0 unspecified atom stereocenters. The minimum atomic E-state index is 1.14. The molecule has 0 spiro atoms. The fraction of sp³-hybridized carbons (Fsp3) is 0.333. The van der Waals surface area contributed by atoms with Gasteiger partial charge in [-0.25, -0.2) is 0 Å². The predicted octanol–water partition coefficient (Wildman–Crippen LogP) is 4.29. The highest BCUT2D eigenvalue weighted by Gasteiger charge is 2.19.